The molecule has 1 amide bonds. The number of carbonyl (C=O) groups excluding carboxylic acids is 1. The van der Waals surface area contributed by atoms with E-state index >= 15 is 0 Å². The molecule has 7 heteroatoms. The summed E-state index contributed by atoms with van der Waals surface area (Å²) in [5.74, 6) is -2.95. The standard InChI is InChI=1S/C16H29F2N3O2/c1-3-20(4-2)9-10-23-13-5-7-21(8-6-13)15(22)14-11-16(17,18)12-19-14/h13-14,19H,3-12H2,1-2H3. The first-order chi connectivity index (χ1) is 10.9. The molecule has 23 heavy (non-hydrogen) atoms. The van der Waals surface area contributed by atoms with E-state index in [4.69, 9.17) is 4.74 Å². The topological polar surface area (TPSA) is 44.8 Å². The minimum atomic E-state index is -2.76. The molecule has 134 valence electrons. The Hall–Kier alpha value is -0.790. The van der Waals surface area contributed by atoms with Gasteiger partial charge in [-0.1, -0.05) is 13.8 Å². The maximum absolute atomic E-state index is 13.2. The minimum Gasteiger partial charge on any atom is -0.377 e. The van der Waals surface area contributed by atoms with Crippen LogP contribution in [0.5, 0.6) is 0 Å². The Morgan fingerprint density at radius 1 is 1.30 bits per heavy atom. The smallest absolute Gasteiger partial charge is 0.262 e. The van der Waals surface area contributed by atoms with Gasteiger partial charge in [-0.3, -0.25) is 10.1 Å². The molecule has 1 atom stereocenters. The molecule has 2 fully saturated rings. The van der Waals surface area contributed by atoms with E-state index in [1.165, 1.54) is 0 Å². The van der Waals surface area contributed by atoms with Gasteiger partial charge < -0.3 is 14.5 Å². The molecule has 0 aromatic heterocycles. The van der Waals surface area contributed by atoms with Crippen molar-refractivity contribution in [3.8, 4) is 0 Å². The zero-order chi connectivity index (χ0) is 16.9. The Morgan fingerprint density at radius 2 is 1.96 bits per heavy atom. The number of likely N-dealkylation sites (tertiary alicyclic amines) is 1. The third-order valence-corrected chi connectivity index (χ3v) is 4.82. The normalized spacial score (nSPS) is 25.3. The quantitative estimate of drug-likeness (QED) is 0.764. The summed E-state index contributed by atoms with van der Waals surface area (Å²) in [7, 11) is 0. The van der Waals surface area contributed by atoms with Crippen LogP contribution in [0, 0.1) is 0 Å². The van der Waals surface area contributed by atoms with Crippen LogP contribution in [-0.4, -0.2) is 79.7 Å². The first-order valence-electron chi connectivity index (χ1n) is 8.69. The van der Waals surface area contributed by atoms with E-state index in [1.54, 1.807) is 4.90 Å². The number of halogens is 2. The number of hydrogen-bond acceptors (Lipinski definition) is 4. The number of amides is 1. The van der Waals surface area contributed by atoms with Crippen molar-refractivity contribution in [3.63, 3.8) is 0 Å². The fraction of sp³-hybridized carbons (Fsp3) is 0.938. The summed E-state index contributed by atoms with van der Waals surface area (Å²) >= 11 is 0. The molecule has 2 aliphatic heterocycles. The van der Waals surface area contributed by atoms with Crippen LogP contribution in [0.25, 0.3) is 0 Å². The lowest BCUT2D eigenvalue weighted by Crippen LogP contribution is -2.48. The zero-order valence-corrected chi connectivity index (χ0v) is 14.2. The van der Waals surface area contributed by atoms with Crippen LogP contribution in [0.4, 0.5) is 8.78 Å². The molecule has 0 radical (unpaired) electrons. The van der Waals surface area contributed by atoms with Gasteiger partial charge in [-0.15, -0.1) is 0 Å². The van der Waals surface area contributed by atoms with Crippen LogP contribution >= 0.6 is 0 Å². The average Bonchev–Trinajstić information content (AvgIpc) is 2.91. The summed E-state index contributed by atoms with van der Waals surface area (Å²) in [6, 6.07) is -0.731. The van der Waals surface area contributed by atoms with Gasteiger partial charge in [0, 0.05) is 26.1 Å². The SMILES string of the molecule is CCN(CC)CCOC1CCN(C(=O)C2CC(F)(F)CN2)CC1. The van der Waals surface area contributed by atoms with Crippen LogP contribution in [0.1, 0.15) is 33.1 Å². The van der Waals surface area contributed by atoms with Crippen molar-refractivity contribution >= 4 is 5.91 Å². The largest absolute Gasteiger partial charge is 0.377 e. The van der Waals surface area contributed by atoms with Gasteiger partial charge in [-0.2, -0.15) is 0 Å². The van der Waals surface area contributed by atoms with Gasteiger partial charge >= 0.3 is 0 Å². The van der Waals surface area contributed by atoms with Gasteiger partial charge in [0.25, 0.3) is 5.92 Å². The Morgan fingerprint density at radius 3 is 2.48 bits per heavy atom. The molecule has 2 rings (SSSR count). The highest BCUT2D eigenvalue weighted by Gasteiger charge is 2.43. The number of piperidine rings is 1. The molecule has 2 heterocycles. The number of nitrogens with zero attached hydrogens (tertiary/aromatic N) is 2. The highest BCUT2D eigenvalue weighted by Crippen LogP contribution is 2.26. The van der Waals surface area contributed by atoms with E-state index < -0.39 is 18.5 Å². The average molecular weight is 333 g/mol. The number of rotatable bonds is 7. The van der Waals surface area contributed by atoms with Gasteiger partial charge in [0.1, 0.15) is 0 Å². The summed E-state index contributed by atoms with van der Waals surface area (Å²) in [6.45, 7) is 8.73. The predicted molar refractivity (Wildman–Crippen MR) is 84.7 cm³/mol. The summed E-state index contributed by atoms with van der Waals surface area (Å²) in [4.78, 5) is 16.3. The molecule has 2 saturated heterocycles. The summed E-state index contributed by atoms with van der Waals surface area (Å²) in [5, 5.41) is 2.64. The van der Waals surface area contributed by atoms with Gasteiger partial charge in [0.2, 0.25) is 5.91 Å². The molecule has 0 spiro atoms. The molecule has 1 unspecified atom stereocenters. The maximum atomic E-state index is 13.2. The first-order valence-corrected chi connectivity index (χ1v) is 8.69. The van der Waals surface area contributed by atoms with Crippen LogP contribution in [0.2, 0.25) is 0 Å². The van der Waals surface area contributed by atoms with E-state index in [0.29, 0.717) is 19.7 Å². The van der Waals surface area contributed by atoms with Crippen LogP contribution in [0.15, 0.2) is 0 Å². The number of ether oxygens (including phenoxy) is 1. The second-order valence-corrected chi connectivity index (χ2v) is 6.42. The van der Waals surface area contributed by atoms with Crippen molar-refractivity contribution < 1.29 is 18.3 Å². The third kappa shape index (κ3) is 5.36. The Labute approximate surface area is 137 Å². The third-order valence-electron chi connectivity index (χ3n) is 4.82. The molecule has 0 aromatic carbocycles. The van der Waals surface area contributed by atoms with Crippen LogP contribution in [-0.2, 0) is 9.53 Å². The fourth-order valence-corrected chi connectivity index (χ4v) is 3.24. The number of carbonyl (C=O) groups is 1. The number of nitrogens with one attached hydrogen (secondary N) is 1. The highest BCUT2D eigenvalue weighted by atomic mass is 19.3. The monoisotopic (exact) mass is 333 g/mol. The fourth-order valence-electron chi connectivity index (χ4n) is 3.24. The zero-order valence-electron chi connectivity index (χ0n) is 14.2. The van der Waals surface area contributed by atoms with Crippen molar-refractivity contribution in [2.75, 3.05) is 45.9 Å². The molecule has 1 N–H and O–H groups in total. The van der Waals surface area contributed by atoms with E-state index in [2.05, 4.69) is 24.1 Å². The van der Waals surface area contributed by atoms with E-state index in [-0.39, 0.29) is 18.4 Å². The summed E-state index contributed by atoms with van der Waals surface area (Å²) in [6.07, 6.45) is 1.36. The van der Waals surface area contributed by atoms with Crippen LogP contribution < -0.4 is 5.32 Å². The molecule has 0 aromatic rings. The summed E-state index contributed by atoms with van der Waals surface area (Å²) in [5.41, 5.74) is 0. The van der Waals surface area contributed by atoms with Crippen molar-refractivity contribution in [1.82, 2.24) is 15.1 Å². The van der Waals surface area contributed by atoms with Gasteiger partial charge in [0.15, 0.2) is 0 Å². The number of alkyl halides is 2. The maximum Gasteiger partial charge on any atom is 0.262 e. The number of likely N-dealkylation sites (N-methyl/N-ethyl adjacent to an activating group) is 1. The molecule has 2 aliphatic rings. The molecular weight excluding hydrogens is 304 g/mol. The van der Waals surface area contributed by atoms with Crippen molar-refractivity contribution in [3.05, 3.63) is 0 Å². The lowest BCUT2D eigenvalue weighted by molar-refractivity contribution is -0.136. The Kier molecular flexibility index (Phi) is 6.73. The minimum absolute atomic E-state index is 0.174. The van der Waals surface area contributed by atoms with Crippen molar-refractivity contribution in [2.24, 2.45) is 0 Å². The predicted octanol–water partition coefficient (Wildman–Crippen LogP) is 1.33. The lowest BCUT2D eigenvalue weighted by atomic mass is 10.1. The lowest BCUT2D eigenvalue weighted by Gasteiger charge is -2.33. The van der Waals surface area contributed by atoms with Gasteiger partial charge in [0.05, 0.1) is 25.3 Å². The van der Waals surface area contributed by atoms with E-state index in [9.17, 15) is 13.6 Å². The van der Waals surface area contributed by atoms with E-state index in [1.807, 2.05) is 0 Å². The number of hydrogen-bond donors (Lipinski definition) is 1. The molecule has 0 bridgehead atoms. The highest BCUT2D eigenvalue weighted by molar-refractivity contribution is 5.82. The van der Waals surface area contributed by atoms with Gasteiger partial charge in [-0.25, -0.2) is 8.78 Å². The molecule has 0 aliphatic carbocycles. The Balaban J connectivity index is 1.67. The second-order valence-electron chi connectivity index (χ2n) is 6.42. The summed E-state index contributed by atoms with van der Waals surface area (Å²) < 4.78 is 32.3. The molecule has 5 nitrogen and oxygen atoms in total. The van der Waals surface area contributed by atoms with Crippen molar-refractivity contribution in [2.45, 2.75) is 51.2 Å². The van der Waals surface area contributed by atoms with Crippen molar-refractivity contribution in [1.29, 1.82) is 0 Å². The molecular formula is C16H29F2N3O2. The van der Waals surface area contributed by atoms with E-state index in [0.717, 1.165) is 32.5 Å². The Bertz CT molecular complexity index is 384. The molecule has 0 saturated carbocycles. The first kappa shape index (κ1) is 18.5. The van der Waals surface area contributed by atoms with Gasteiger partial charge in [-0.05, 0) is 25.9 Å². The second kappa shape index (κ2) is 8.35. The van der Waals surface area contributed by atoms with Crippen LogP contribution in [0.3, 0.4) is 0 Å².